The number of carbonyl (C=O) groups excluding carboxylic acids is 1. The second-order valence-corrected chi connectivity index (χ2v) is 9.00. The third kappa shape index (κ3) is 4.56. The first-order valence-corrected chi connectivity index (χ1v) is 11.0. The lowest BCUT2D eigenvalue weighted by molar-refractivity contribution is -0.0212. The van der Waals surface area contributed by atoms with E-state index < -0.39 is 0 Å². The summed E-state index contributed by atoms with van der Waals surface area (Å²) in [6, 6.07) is 5.76. The smallest absolute Gasteiger partial charge is 0.267 e. The molecule has 156 valence electrons. The number of likely N-dealkylation sites (tertiary alicyclic amines) is 1. The highest BCUT2D eigenvalue weighted by molar-refractivity contribution is 5.92. The molecule has 4 atom stereocenters. The van der Waals surface area contributed by atoms with Crippen LogP contribution in [0.1, 0.15) is 36.2 Å². The van der Waals surface area contributed by atoms with E-state index in [2.05, 4.69) is 20.3 Å². The van der Waals surface area contributed by atoms with Gasteiger partial charge >= 0.3 is 0 Å². The van der Waals surface area contributed by atoms with Gasteiger partial charge < -0.3 is 19.9 Å². The Morgan fingerprint density at radius 1 is 1.21 bits per heavy atom. The average Bonchev–Trinajstić information content (AvgIpc) is 3.14. The molecule has 2 saturated carbocycles. The molecule has 0 spiro atoms. The highest BCUT2D eigenvalue weighted by Gasteiger charge is 2.43. The Balaban J connectivity index is 1.21. The minimum atomic E-state index is -0.0213. The highest BCUT2D eigenvalue weighted by Crippen LogP contribution is 2.39. The molecular weight excluding hydrogens is 366 g/mol. The highest BCUT2D eigenvalue weighted by atomic mass is 16.5. The standard InChI is InChI=1S/C22H31N5O2/c28-22(19-3-1-6-23-19)25-20-11-17-13-26(9-10-27-8-2-7-24-27)14-18(17)12-21(20)29-15-16-4-5-16/h1-3,6-8,16-18,20-21,23H,4-5,9-15H2,(H,25,28)/t17-,18+,20-,21-/m0/s1. The lowest BCUT2D eigenvalue weighted by Gasteiger charge is -2.38. The number of fused-ring (bicyclic) bond motifs is 1. The maximum Gasteiger partial charge on any atom is 0.267 e. The van der Waals surface area contributed by atoms with Crippen molar-refractivity contribution in [3.8, 4) is 0 Å². The number of ether oxygens (including phenoxy) is 1. The molecule has 1 aliphatic heterocycles. The van der Waals surface area contributed by atoms with Crippen molar-refractivity contribution in [2.24, 2.45) is 17.8 Å². The van der Waals surface area contributed by atoms with Crippen LogP contribution in [0, 0.1) is 17.8 Å². The lowest BCUT2D eigenvalue weighted by Crippen LogP contribution is -2.50. The monoisotopic (exact) mass is 397 g/mol. The largest absolute Gasteiger partial charge is 0.376 e. The maximum atomic E-state index is 12.6. The molecule has 2 N–H and O–H groups in total. The number of nitrogens with one attached hydrogen (secondary N) is 2. The molecular formula is C22H31N5O2. The van der Waals surface area contributed by atoms with Crippen molar-refractivity contribution in [2.45, 2.75) is 44.4 Å². The maximum absolute atomic E-state index is 12.6. The summed E-state index contributed by atoms with van der Waals surface area (Å²) in [5, 5.41) is 7.58. The van der Waals surface area contributed by atoms with E-state index in [-0.39, 0.29) is 18.1 Å². The van der Waals surface area contributed by atoms with Crippen molar-refractivity contribution in [1.82, 2.24) is 25.0 Å². The predicted octanol–water partition coefficient (Wildman–Crippen LogP) is 2.15. The van der Waals surface area contributed by atoms with Crippen LogP contribution in [0.4, 0.5) is 0 Å². The molecule has 29 heavy (non-hydrogen) atoms. The van der Waals surface area contributed by atoms with Gasteiger partial charge in [0.05, 0.1) is 18.7 Å². The summed E-state index contributed by atoms with van der Waals surface area (Å²) in [6.45, 7) is 5.05. The number of aromatic amines is 1. The summed E-state index contributed by atoms with van der Waals surface area (Å²) in [4.78, 5) is 18.2. The van der Waals surface area contributed by atoms with Crippen molar-refractivity contribution in [1.29, 1.82) is 0 Å². The molecule has 0 radical (unpaired) electrons. The minimum absolute atomic E-state index is 0.0213. The second kappa shape index (κ2) is 8.32. The van der Waals surface area contributed by atoms with Gasteiger partial charge in [-0.05, 0) is 61.6 Å². The molecule has 3 heterocycles. The van der Waals surface area contributed by atoms with Gasteiger partial charge in [-0.2, -0.15) is 5.10 Å². The molecule has 7 nitrogen and oxygen atoms in total. The van der Waals surface area contributed by atoms with E-state index in [1.165, 1.54) is 12.8 Å². The van der Waals surface area contributed by atoms with Crippen molar-refractivity contribution in [3.63, 3.8) is 0 Å². The number of rotatable bonds is 8. The second-order valence-electron chi connectivity index (χ2n) is 9.00. The quantitative estimate of drug-likeness (QED) is 0.716. The van der Waals surface area contributed by atoms with Gasteiger partial charge in [-0.1, -0.05) is 0 Å². The van der Waals surface area contributed by atoms with Crippen molar-refractivity contribution < 1.29 is 9.53 Å². The Bertz CT molecular complexity index is 786. The average molecular weight is 398 g/mol. The molecule has 0 bridgehead atoms. The van der Waals surface area contributed by atoms with Crippen LogP contribution in [-0.4, -0.2) is 64.0 Å². The molecule has 2 aliphatic carbocycles. The van der Waals surface area contributed by atoms with Gasteiger partial charge in [0.25, 0.3) is 5.91 Å². The van der Waals surface area contributed by atoms with Crippen LogP contribution in [0.2, 0.25) is 0 Å². The zero-order valence-electron chi connectivity index (χ0n) is 16.9. The summed E-state index contributed by atoms with van der Waals surface area (Å²) in [6.07, 6.45) is 10.4. The normalized spacial score (nSPS) is 29.7. The Hall–Kier alpha value is -2.12. The van der Waals surface area contributed by atoms with Gasteiger partial charge in [0.2, 0.25) is 0 Å². The molecule has 0 aromatic carbocycles. The number of amides is 1. The first-order chi connectivity index (χ1) is 14.2. The van der Waals surface area contributed by atoms with E-state index in [1.807, 2.05) is 35.3 Å². The fraction of sp³-hybridized carbons (Fsp3) is 0.636. The fourth-order valence-corrected chi connectivity index (χ4v) is 4.97. The van der Waals surface area contributed by atoms with Crippen LogP contribution >= 0.6 is 0 Å². The zero-order chi connectivity index (χ0) is 19.6. The van der Waals surface area contributed by atoms with Crippen LogP contribution in [0.15, 0.2) is 36.8 Å². The van der Waals surface area contributed by atoms with Crippen LogP contribution in [0.3, 0.4) is 0 Å². The predicted molar refractivity (Wildman–Crippen MR) is 109 cm³/mol. The molecule has 3 fully saturated rings. The Kier molecular flexibility index (Phi) is 5.42. The van der Waals surface area contributed by atoms with Gasteiger partial charge in [0.1, 0.15) is 5.69 Å². The number of hydrogen-bond donors (Lipinski definition) is 2. The van der Waals surface area contributed by atoms with E-state index in [0.29, 0.717) is 17.5 Å². The molecule has 2 aromatic heterocycles. The molecule has 0 unspecified atom stereocenters. The number of aromatic nitrogens is 3. The van der Waals surface area contributed by atoms with Crippen molar-refractivity contribution in [2.75, 3.05) is 26.2 Å². The zero-order valence-corrected chi connectivity index (χ0v) is 16.9. The number of H-pyrrole nitrogens is 1. The van der Waals surface area contributed by atoms with Crippen LogP contribution in [-0.2, 0) is 11.3 Å². The first kappa shape index (κ1) is 18.9. The van der Waals surface area contributed by atoms with Gasteiger partial charge in [-0.3, -0.25) is 9.48 Å². The van der Waals surface area contributed by atoms with Gasteiger partial charge in [0, 0.05) is 44.8 Å². The SMILES string of the molecule is O=C(N[C@H]1C[C@H]2CN(CCn3cccn3)C[C@H]2C[C@@H]1OCC1CC1)c1ccc[nH]1. The minimum Gasteiger partial charge on any atom is -0.376 e. The molecule has 3 aliphatic rings. The summed E-state index contributed by atoms with van der Waals surface area (Å²) >= 11 is 0. The Morgan fingerprint density at radius 3 is 2.79 bits per heavy atom. The number of carbonyl (C=O) groups is 1. The number of nitrogens with zero attached hydrogens (tertiary/aromatic N) is 3. The van der Waals surface area contributed by atoms with E-state index in [9.17, 15) is 4.79 Å². The molecule has 1 amide bonds. The Morgan fingerprint density at radius 2 is 2.07 bits per heavy atom. The van der Waals surface area contributed by atoms with Gasteiger partial charge in [-0.25, -0.2) is 0 Å². The third-order valence-electron chi connectivity index (χ3n) is 6.80. The number of hydrogen-bond acceptors (Lipinski definition) is 4. The van der Waals surface area contributed by atoms with E-state index >= 15 is 0 Å². The fourth-order valence-electron chi connectivity index (χ4n) is 4.97. The molecule has 7 heteroatoms. The topological polar surface area (TPSA) is 75.2 Å². The lowest BCUT2D eigenvalue weighted by atomic mass is 9.77. The van der Waals surface area contributed by atoms with E-state index in [4.69, 9.17) is 4.74 Å². The van der Waals surface area contributed by atoms with Gasteiger partial charge in [-0.15, -0.1) is 0 Å². The Labute approximate surface area is 171 Å². The summed E-state index contributed by atoms with van der Waals surface area (Å²) in [5.74, 6) is 2.01. The summed E-state index contributed by atoms with van der Waals surface area (Å²) in [7, 11) is 0. The van der Waals surface area contributed by atoms with Crippen LogP contribution in [0.5, 0.6) is 0 Å². The molecule has 1 saturated heterocycles. The summed E-state index contributed by atoms with van der Waals surface area (Å²) < 4.78 is 8.35. The van der Waals surface area contributed by atoms with Crippen molar-refractivity contribution >= 4 is 5.91 Å². The summed E-state index contributed by atoms with van der Waals surface area (Å²) in [5.41, 5.74) is 0.625. The molecule has 2 aromatic rings. The van der Waals surface area contributed by atoms with E-state index in [1.54, 1.807) is 6.20 Å². The van der Waals surface area contributed by atoms with Crippen molar-refractivity contribution in [3.05, 3.63) is 42.5 Å². The van der Waals surface area contributed by atoms with Gasteiger partial charge in [0.15, 0.2) is 0 Å². The molecule has 5 rings (SSSR count). The van der Waals surface area contributed by atoms with Crippen LogP contribution < -0.4 is 5.32 Å². The third-order valence-corrected chi connectivity index (χ3v) is 6.80. The van der Waals surface area contributed by atoms with Crippen LogP contribution in [0.25, 0.3) is 0 Å². The first-order valence-electron chi connectivity index (χ1n) is 11.0. The van der Waals surface area contributed by atoms with E-state index in [0.717, 1.165) is 51.5 Å².